The molecule has 1 aromatic carbocycles. The van der Waals surface area contributed by atoms with Crippen LogP contribution in [0.1, 0.15) is 22.2 Å². The van der Waals surface area contributed by atoms with Crippen molar-refractivity contribution in [2.75, 3.05) is 12.8 Å². The van der Waals surface area contributed by atoms with Crippen LogP contribution in [0, 0.1) is 6.92 Å². The number of nitrogens with one attached hydrogen (secondary N) is 2. The first kappa shape index (κ1) is 18.5. The Labute approximate surface area is 147 Å². The molecular weight excluding hydrogens is 342 g/mol. The molecule has 0 unspecified atom stereocenters. The van der Waals surface area contributed by atoms with Gasteiger partial charge in [0.25, 0.3) is 0 Å². The van der Waals surface area contributed by atoms with E-state index in [0.29, 0.717) is 11.4 Å². The molecule has 0 spiro atoms. The minimum absolute atomic E-state index is 0.327. The molecule has 0 aliphatic carbocycles. The molecule has 7 heteroatoms. The molecule has 0 atom stereocenters. The van der Waals surface area contributed by atoms with Gasteiger partial charge in [-0.25, -0.2) is 13.4 Å². The van der Waals surface area contributed by atoms with Gasteiger partial charge in [-0.05, 0) is 43.7 Å². The lowest BCUT2D eigenvalue weighted by atomic mass is 10.2. The van der Waals surface area contributed by atoms with Gasteiger partial charge in [0.1, 0.15) is 0 Å². The molecule has 0 amide bonds. The second-order valence-corrected chi connectivity index (χ2v) is 8.87. The zero-order valence-electron chi connectivity index (χ0n) is 14.2. The number of rotatable bonds is 6. The van der Waals surface area contributed by atoms with Crippen LogP contribution < -0.4 is 10.6 Å². The summed E-state index contributed by atoms with van der Waals surface area (Å²) in [6.45, 7) is 6.11. The zero-order valence-corrected chi connectivity index (χ0v) is 15.8. The minimum atomic E-state index is -3.16. The Morgan fingerprint density at radius 1 is 1.12 bits per heavy atom. The molecule has 1 heterocycles. The first-order valence-corrected chi connectivity index (χ1v) is 10.5. The quantitative estimate of drug-likeness (QED) is 0.610. The third-order valence-electron chi connectivity index (χ3n) is 3.34. The molecule has 0 aliphatic heterocycles. The summed E-state index contributed by atoms with van der Waals surface area (Å²) in [7, 11) is -3.16. The van der Waals surface area contributed by atoms with Crippen LogP contribution >= 0.6 is 11.3 Å². The van der Waals surface area contributed by atoms with Gasteiger partial charge in [0.2, 0.25) is 0 Å². The van der Waals surface area contributed by atoms with Gasteiger partial charge in [0.05, 0.1) is 18.0 Å². The van der Waals surface area contributed by atoms with Crippen LogP contribution in [0.15, 0.2) is 46.3 Å². The second kappa shape index (κ2) is 8.30. The number of guanidine groups is 1. The van der Waals surface area contributed by atoms with Crippen molar-refractivity contribution in [3.05, 3.63) is 51.7 Å². The highest BCUT2D eigenvalue weighted by atomic mass is 32.2. The SMILES string of the molecule is CCNC(=NCc1ccc(S(C)(=O)=O)cc1)NCc1ccc(C)s1. The van der Waals surface area contributed by atoms with E-state index in [9.17, 15) is 8.42 Å². The highest BCUT2D eigenvalue weighted by Crippen LogP contribution is 2.14. The van der Waals surface area contributed by atoms with Crippen molar-refractivity contribution in [1.29, 1.82) is 0 Å². The van der Waals surface area contributed by atoms with Crippen molar-refractivity contribution in [1.82, 2.24) is 10.6 Å². The van der Waals surface area contributed by atoms with E-state index < -0.39 is 9.84 Å². The van der Waals surface area contributed by atoms with Crippen molar-refractivity contribution in [3.8, 4) is 0 Å². The molecule has 0 radical (unpaired) electrons. The molecule has 5 nitrogen and oxygen atoms in total. The molecule has 1 aromatic heterocycles. The number of hydrogen-bond acceptors (Lipinski definition) is 4. The molecule has 0 fully saturated rings. The minimum Gasteiger partial charge on any atom is -0.357 e. The average Bonchev–Trinajstić information content (AvgIpc) is 2.95. The van der Waals surface area contributed by atoms with Crippen molar-refractivity contribution in [3.63, 3.8) is 0 Å². The molecule has 0 bridgehead atoms. The number of thiophene rings is 1. The fraction of sp³-hybridized carbons (Fsp3) is 0.353. The summed E-state index contributed by atoms with van der Waals surface area (Å²) in [5.74, 6) is 0.746. The Hall–Kier alpha value is -1.86. The number of benzene rings is 1. The van der Waals surface area contributed by atoms with E-state index in [1.807, 2.05) is 6.92 Å². The van der Waals surface area contributed by atoms with E-state index in [0.717, 1.165) is 24.6 Å². The Morgan fingerprint density at radius 3 is 2.38 bits per heavy atom. The maximum Gasteiger partial charge on any atom is 0.191 e. The molecule has 2 N–H and O–H groups in total. The number of aryl methyl sites for hydroxylation is 1. The maximum atomic E-state index is 11.5. The largest absolute Gasteiger partial charge is 0.357 e. The monoisotopic (exact) mass is 365 g/mol. The van der Waals surface area contributed by atoms with Crippen LogP contribution in [-0.2, 0) is 22.9 Å². The third-order valence-corrected chi connectivity index (χ3v) is 5.47. The van der Waals surface area contributed by atoms with Gasteiger partial charge in [-0.2, -0.15) is 0 Å². The van der Waals surface area contributed by atoms with Crippen LogP contribution in [-0.4, -0.2) is 27.2 Å². The van der Waals surface area contributed by atoms with Crippen LogP contribution in [0.3, 0.4) is 0 Å². The molecule has 2 aromatic rings. The fourth-order valence-corrected chi connectivity index (χ4v) is 3.57. The maximum absolute atomic E-state index is 11.5. The van der Waals surface area contributed by atoms with Crippen LogP contribution in [0.5, 0.6) is 0 Å². The van der Waals surface area contributed by atoms with E-state index in [1.54, 1.807) is 35.6 Å². The number of sulfone groups is 1. The van der Waals surface area contributed by atoms with Gasteiger partial charge in [-0.3, -0.25) is 0 Å². The first-order chi connectivity index (χ1) is 11.4. The van der Waals surface area contributed by atoms with E-state index in [4.69, 9.17) is 0 Å². The van der Waals surface area contributed by atoms with E-state index >= 15 is 0 Å². The number of hydrogen-bond donors (Lipinski definition) is 2. The molecule has 0 saturated carbocycles. The average molecular weight is 366 g/mol. The predicted octanol–water partition coefficient (Wildman–Crippen LogP) is 2.72. The van der Waals surface area contributed by atoms with Gasteiger partial charge in [0, 0.05) is 22.6 Å². The topological polar surface area (TPSA) is 70.6 Å². The van der Waals surface area contributed by atoms with Crippen molar-refractivity contribution in [2.45, 2.75) is 31.8 Å². The molecule has 2 rings (SSSR count). The molecule has 130 valence electrons. The lowest BCUT2D eigenvalue weighted by Crippen LogP contribution is -2.36. The number of aliphatic imine (C=N–C) groups is 1. The van der Waals surface area contributed by atoms with Crippen molar-refractivity contribution < 1.29 is 8.42 Å². The van der Waals surface area contributed by atoms with E-state index in [-0.39, 0.29) is 0 Å². The summed E-state index contributed by atoms with van der Waals surface area (Å²) in [5.41, 5.74) is 0.964. The van der Waals surface area contributed by atoms with E-state index in [1.165, 1.54) is 16.0 Å². The second-order valence-electron chi connectivity index (χ2n) is 5.48. The molecule has 0 saturated heterocycles. The summed E-state index contributed by atoms with van der Waals surface area (Å²) in [4.78, 5) is 7.43. The van der Waals surface area contributed by atoms with Gasteiger partial charge in [-0.15, -0.1) is 11.3 Å². The Morgan fingerprint density at radius 2 is 1.83 bits per heavy atom. The molecular formula is C17H23N3O2S2. The van der Waals surface area contributed by atoms with Gasteiger partial charge >= 0.3 is 0 Å². The standard InChI is InChI=1S/C17H23N3O2S2/c1-4-18-17(20-12-15-8-5-13(2)23-15)19-11-14-6-9-16(10-7-14)24(3,21)22/h5-10H,4,11-12H2,1-3H3,(H2,18,19,20). The lowest BCUT2D eigenvalue weighted by molar-refractivity contribution is 0.602. The zero-order chi connectivity index (χ0) is 17.6. The van der Waals surface area contributed by atoms with E-state index in [2.05, 4.69) is 34.7 Å². The first-order valence-electron chi connectivity index (χ1n) is 7.75. The molecule has 0 aliphatic rings. The Balaban J connectivity index is 1.99. The van der Waals surface area contributed by atoms with Crippen molar-refractivity contribution in [2.24, 2.45) is 4.99 Å². The normalized spacial score (nSPS) is 12.2. The summed E-state index contributed by atoms with van der Waals surface area (Å²) in [5, 5.41) is 6.52. The summed E-state index contributed by atoms with van der Waals surface area (Å²) >= 11 is 1.76. The van der Waals surface area contributed by atoms with Crippen LogP contribution in [0.2, 0.25) is 0 Å². The highest BCUT2D eigenvalue weighted by Gasteiger charge is 2.06. The Bertz CT molecular complexity index is 793. The predicted molar refractivity (Wildman–Crippen MR) is 100 cm³/mol. The summed E-state index contributed by atoms with van der Waals surface area (Å²) in [6.07, 6.45) is 1.21. The fourth-order valence-electron chi connectivity index (χ4n) is 2.11. The Kier molecular flexibility index (Phi) is 6.39. The summed E-state index contributed by atoms with van der Waals surface area (Å²) < 4.78 is 22.9. The van der Waals surface area contributed by atoms with Gasteiger partial charge in [-0.1, -0.05) is 12.1 Å². The summed E-state index contributed by atoms with van der Waals surface area (Å²) in [6, 6.07) is 11.1. The number of nitrogens with zero attached hydrogens (tertiary/aromatic N) is 1. The van der Waals surface area contributed by atoms with Crippen LogP contribution in [0.4, 0.5) is 0 Å². The van der Waals surface area contributed by atoms with Crippen LogP contribution in [0.25, 0.3) is 0 Å². The van der Waals surface area contributed by atoms with Gasteiger partial charge < -0.3 is 10.6 Å². The third kappa shape index (κ3) is 5.65. The van der Waals surface area contributed by atoms with Crippen molar-refractivity contribution >= 4 is 27.1 Å². The lowest BCUT2D eigenvalue weighted by Gasteiger charge is -2.10. The highest BCUT2D eigenvalue weighted by molar-refractivity contribution is 7.90. The van der Waals surface area contributed by atoms with Gasteiger partial charge in [0.15, 0.2) is 15.8 Å². The molecule has 24 heavy (non-hydrogen) atoms. The smallest absolute Gasteiger partial charge is 0.191 e.